The Morgan fingerprint density at radius 2 is 0.593 bits per heavy atom. The quantitative estimate of drug-likeness (QED) is 0.142. The van der Waals surface area contributed by atoms with Crippen molar-refractivity contribution < 1.29 is 0 Å². The molecule has 0 heterocycles. The summed E-state index contributed by atoms with van der Waals surface area (Å²) in [6.45, 7) is 0. The molecule has 10 rings (SSSR count). The fourth-order valence-electron chi connectivity index (χ4n) is 8.50. The molecule has 10 aromatic carbocycles. The second-order valence-corrected chi connectivity index (χ2v) is 14.8. The molecule has 0 atom stereocenters. The van der Waals surface area contributed by atoms with Crippen LogP contribution in [0.1, 0.15) is 0 Å². The van der Waals surface area contributed by atoms with Gasteiger partial charge in [0.25, 0.3) is 0 Å². The number of rotatable bonds is 9. The van der Waals surface area contributed by atoms with Crippen LogP contribution in [0.25, 0.3) is 77.5 Å². The number of hydrogen-bond donors (Lipinski definition) is 0. The Kier molecular flexibility index (Phi) is 9.68. The highest BCUT2D eigenvalue weighted by Crippen LogP contribution is 2.48. The van der Waals surface area contributed by atoms with E-state index >= 15 is 0 Å². The zero-order chi connectivity index (χ0) is 39.4. The van der Waals surface area contributed by atoms with E-state index in [1.54, 1.807) is 0 Å². The number of benzene rings is 10. The van der Waals surface area contributed by atoms with E-state index in [0.29, 0.717) is 0 Å². The fraction of sp³-hybridized carbons (Fsp3) is 0. The molecule has 278 valence electrons. The van der Waals surface area contributed by atoms with Crippen molar-refractivity contribution in [3.63, 3.8) is 0 Å². The van der Waals surface area contributed by atoms with Gasteiger partial charge in [0.1, 0.15) is 0 Å². The van der Waals surface area contributed by atoms with Gasteiger partial charge in [-0.3, -0.25) is 0 Å². The summed E-state index contributed by atoms with van der Waals surface area (Å²) in [5, 5.41) is 2.37. The van der Waals surface area contributed by atoms with E-state index in [9.17, 15) is 0 Å². The fourth-order valence-corrected chi connectivity index (χ4v) is 8.50. The van der Waals surface area contributed by atoms with Gasteiger partial charge >= 0.3 is 0 Å². The van der Waals surface area contributed by atoms with Crippen molar-refractivity contribution in [1.29, 1.82) is 0 Å². The summed E-state index contributed by atoms with van der Waals surface area (Å²) < 4.78 is 0. The zero-order valence-corrected chi connectivity index (χ0v) is 32.6. The highest BCUT2D eigenvalue weighted by Gasteiger charge is 2.22. The molecule has 0 fully saturated rings. The molecular formula is C58H41N. The molecule has 0 bridgehead atoms. The van der Waals surface area contributed by atoms with Crippen molar-refractivity contribution in [2.24, 2.45) is 0 Å². The number of fused-ring (bicyclic) bond motifs is 1. The molecule has 0 radical (unpaired) electrons. The second kappa shape index (κ2) is 16.0. The van der Waals surface area contributed by atoms with Crippen molar-refractivity contribution >= 4 is 27.8 Å². The van der Waals surface area contributed by atoms with Crippen molar-refractivity contribution in [3.05, 3.63) is 249 Å². The zero-order valence-electron chi connectivity index (χ0n) is 32.6. The van der Waals surface area contributed by atoms with Gasteiger partial charge in [-0.05, 0) is 102 Å². The van der Waals surface area contributed by atoms with Crippen LogP contribution in [0.15, 0.2) is 249 Å². The maximum atomic E-state index is 2.40. The maximum absolute atomic E-state index is 2.40. The summed E-state index contributed by atoms with van der Waals surface area (Å²) in [4.78, 5) is 2.40. The first kappa shape index (κ1) is 35.7. The van der Waals surface area contributed by atoms with Gasteiger partial charge in [0.05, 0.1) is 5.69 Å². The predicted octanol–water partition coefficient (Wildman–Crippen LogP) is 16.3. The number of anilines is 3. The Morgan fingerprint density at radius 1 is 0.203 bits per heavy atom. The molecule has 0 N–H and O–H groups in total. The Hall–Kier alpha value is -7.74. The van der Waals surface area contributed by atoms with Crippen molar-refractivity contribution in [2.75, 3.05) is 4.90 Å². The van der Waals surface area contributed by atoms with Crippen LogP contribution in [0.4, 0.5) is 17.1 Å². The highest BCUT2D eigenvalue weighted by molar-refractivity contribution is 6.10. The van der Waals surface area contributed by atoms with Gasteiger partial charge in [0.15, 0.2) is 0 Å². The molecule has 0 amide bonds. The molecule has 10 aromatic rings. The van der Waals surface area contributed by atoms with Gasteiger partial charge in [-0.25, -0.2) is 0 Å². The molecular weight excluding hydrogens is 711 g/mol. The van der Waals surface area contributed by atoms with Gasteiger partial charge in [0.2, 0.25) is 0 Å². The van der Waals surface area contributed by atoms with E-state index < -0.39 is 0 Å². The van der Waals surface area contributed by atoms with Crippen LogP contribution >= 0.6 is 0 Å². The van der Waals surface area contributed by atoms with Crippen LogP contribution in [0.3, 0.4) is 0 Å². The van der Waals surface area contributed by atoms with E-state index in [-0.39, 0.29) is 0 Å². The normalized spacial score (nSPS) is 11.1. The molecule has 0 aliphatic heterocycles. The minimum Gasteiger partial charge on any atom is -0.310 e. The van der Waals surface area contributed by atoms with E-state index in [1.165, 1.54) is 77.5 Å². The monoisotopic (exact) mass is 751 g/mol. The van der Waals surface area contributed by atoms with Gasteiger partial charge in [-0.2, -0.15) is 0 Å². The van der Waals surface area contributed by atoms with Crippen LogP contribution in [-0.4, -0.2) is 0 Å². The summed E-state index contributed by atoms with van der Waals surface area (Å²) in [6, 6.07) is 89.8. The molecule has 0 unspecified atom stereocenters. The Labute approximate surface area is 346 Å². The largest absolute Gasteiger partial charge is 0.310 e. The number of hydrogen-bond acceptors (Lipinski definition) is 1. The molecule has 0 aliphatic rings. The van der Waals surface area contributed by atoms with Gasteiger partial charge < -0.3 is 4.90 Å². The van der Waals surface area contributed by atoms with Gasteiger partial charge in [-0.1, -0.05) is 218 Å². The Morgan fingerprint density at radius 3 is 1.14 bits per heavy atom. The average Bonchev–Trinajstić information content (AvgIpc) is 3.33. The third-order valence-electron chi connectivity index (χ3n) is 11.3. The maximum Gasteiger partial charge on any atom is 0.0540 e. The van der Waals surface area contributed by atoms with Gasteiger partial charge in [0, 0.05) is 16.8 Å². The lowest BCUT2D eigenvalue weighted by Gasteiger charge is -2.28. The molecule has 59 heavy (non-hydrogen) atoms. The average molecular weight is 752 g/mol. The van der Waals surface area contributed by atoms with Crippen LogP contribution in [0.5, 0.6) is 0 Å². The molecule has 0 spiro atoms. The van der Waals surface area contributed by atoms with Crippen molar-refractivity contribution in [2.45, 2.75) is 0 Å². The lowest BCUT2D eigenvalue weighted by atomic mass is 9.83. The van der Waals surface area contributed by atoms with Crippen LogP contribution in [0.2, 0.25) is 0 Å². The third-order valence-corrected chi connectivity index (χ3v) is 11.3. The second-order valence-electron chi connectivity index (χ2n) is 14.8. The summed E-state index contributed by atoms with van der Waals surface area (Å²) in [6.07, 6.45) is 0. The van der Waals surface area contributed by atoms with E-state index in [4.69, 9.17) is 0 Å². The standard InChI is InChI=1S/C58H41N/c1-5-18-42(19-6-1)44-32-36-48(37-33-44)59(49-38-34-45(35-39-49)43-20-7-2-8-21-43)57-41-40-53(52-27-14-15-28-54(52)57)56-31-17-30-51(47-24-11-4-12-25-47)58(56)55-29-16-13-26-50(55)46-22-9-3-10-23-46/h1-41H. The first-order chi connectivity index (χ1) is 29.3. The van der Waals surface area contributed by atoms with Crippen LogP contribution in [-0.2, 0) is 0 Å². The Balaban J connectivity index is 1.18. The van der Waals surface area contributed by atoms with E-state index in [2.05, 4.69) is 254 Å². The molecule has 1 heteroatoms. The minimum atomic E-state index is 1.10. The summed E-state index contributed by atoms with van der Waals surface area (Å²) >= 11 is 0. The van der Waals surface area contributed by atoms with Crippen molar-refractivity contribution in [3.8, 4) is 66.8 Å². The van der Waals surface area contributed by atoms with Gasteiger partial charge in [-0.15, -0.1) is 0 Å². The lowest BCUT2D eigenvalue weighted by molar-refractivity contribution is 1.30. The Bertz CT molecular complexity index is 2910. The third kappa shape index (κ3) is 7.01. The summed E-state index contributed by atoms with van der Waals surface area (Å²) in [5.41, 5.74) is 17.7. The van der Waals surface area contributed by atoms with Crippen LogP contribution in [0, 0.1) is 0 Å². The van der Waals surface area contributed by atoms with E-state index in [0.717, 1.165) is 17.1 Å². The van der Waals surface area contributed by atoms with E-state index in [1.807, 2.05) is 0 Å². The SMILES string of the molecule is c1ccc(-c2ccc(N(c3ccc(-c4ccccc4)cc3)c3ccc(-c4cccc(-c5ccccc5)c4-c4ccccc4-c4ccccc4)c4ccccc34)cc2)cc1. The molecule has 0 saturated carbocycles. The van der Waals surface area contributed by atoms with Crippen LogP contribution < -0.4 is 4.90 Å². The number of nitrogens with zero attached hydrogens (tertiary/aromatic N) is 1. The highest BCUT2D eigenvalue weighted by atomic mass is 15.1. The molecule has 0 aliphatic carbocycles. The molecule has 0 aromatic heterocycles. The predicted molar refractivity (Wildman–Crippen MR) is 251 cm³/mol. The topological polar surface area (TPSA) is 3.24 Å². The first-order valence-electron chi connectivity index (χ1n) is 20.3. The van der Waals surface area contributed by atoms with Crippen molar-refractivity contribution in [1.82, 2.24) is 0 Å². The lowest BCUT2D eigenvalue weighted by Crippen LogP contribution is -2.10. The minimum absolute atomic E-state index is 1.10. The smallest absolute Gasteiger partial charge is 0.0540 e. The summed E-state index contributed by atoms with van der Waals surface area (Å²) in [5.74, 6) is 0. The molecule has 0 saturated heterocycles. The first-order valence-corrected chi connectivity index (χ1v) is 20.3. The molecule has 1 nitrogen and oxygen atoms in total. The summed E-state index contributed by atoms with van der Waals surface area (Å²) in [7, 11) is 0.